The van der Waals surface area contributed by atoms with Gasteiger partial charge in [0.15, 0.2) is 0 Å². The summed E-state index contributed by atoms with van der Waals surface area (Å²) in [7, 11) is 1.58. The Labute approximate surface area is 107 Å². The quantitative estimate of drug-likeness (QED) is 0.824. The Morgan fingerprint density at radius 3 is 3.17 bits per heavy atom. The molecule has 2 atom stereocenters. The van der Waals surface area contributed by atoms with Crippen molar-refractivity contribution in [2.24, 2.45) is 5.92 Å². The minimum Gasteiger partial charge on any atom is -0.481 e. The second-order valence-electron chi connectivity index (χ2n) is 4.59. The summed E-state index contributed by atoms with van der Waals surface area (Å²) < 4.78 is 5.15. The highest BCUT2D eigenvalue weighted by Gasteiger charge is 2.28. The van der Waals surface area contributed by atoms with Crippen LogP contribution in [0, 0.1) is 5.92 Å². The molecule has 1 aliphatic rings. The molecule has 5 heteroatoms. The molecule has 1 aromatic heterocycles. The average molecular weight is 249 g/mol. The number of nitrogens with one attached hydrogen (secondary N) is 2. The number of rotatable bonds is 4. The van der Waals surface area contributed by atoms with Crippen molar-refractivity contribution in [1.29, 1.82) is 0 Å². The van der Waals surface area contributed by atoms with Crippen molar-refractivity contribution in [3.8, 4) is 5.88 Å². The summed E-state index contributed by atoms with van der Waals surface area (Å²) in [6, 6.07) is 3.66. The molecule has 1 aliphatic heterocycles. The smallest absolute Gasteiger partial charge is 0.237 e. The molecule has 1 fully saturated rings. The van der Waals surface area contributed by atoms with Crippen LogP contribution in [0.5, 0.6) is 5.88 Å². The zero-order chi connectivity index (χ0) is 13.0. The van der Waals surface area contributed by atoms with Crippen LogP contribution in [-0.2, 0) is 11.3 Å². The van der Waals surface area contributed by atoms with E-state index >= 15 is 0 Å². The molecular weight excluding hydrogens is 230 g/mol. The number of aromatic nitrogens is 1. The zero-order valence-electron chi connectivity index (χ0n) is 10.8. The van der Waals surface area contributed by atoms with Crippen LogP contribution in [0.25, 0.3) is 0 Å². The van der Waals surface area contributed by atoms with E-state index in [1.807, 2.05) is 12.1 Å². The lowest BCUT2D eigenvalue weighted by atomic mass is 10.0. The predicted molar refractivity (Wildman–Crippen MR) is 68.2 cm³/mol. The minimum atomic E-state index is -0.0762. The maximum atomic E-state index is 12.0. The Kier molecular flexibility index (Phi) is 4.15. The fourth-order valence-electron chi connectivity index (χ4n) is 2.22. The third kappa shape index (κ3) is 2.79. The van der Waals surface area contributed by atoms with E-state index < -0.39 is 0 Å². The summed E-state index contributed by atoms with van der Waals surface area (Å²) in [5, 5.41) is 6.14. The van der Waals surface area contributed by atoms with Crippen molar-refractivity contribution in [2.75, 3.05) is 13.7 Å². The Bertz CT molecular complexity index is 422. The van der Waals surface area contributed by atoms with Crippen LogP contribution in [0.15, 0.2) is 18.3 Å². The maximum absolute atomic E-state index is 12.0. The van der Waals surface area contributed by atoms with Crippen molar-refractivity contribution < 1.29 is 9.53 Å². The largest absolute Gasteiger partial charge is 0.481 e. The van der Waals surface area contributed by atoms with Crippen LogP contribution >= 0.6 is 0 Å². The van der Waals surface area contributed by atoms with Crippen LogP contribution in [0.4, 0.5) is 0 Å². The van der Waals surface area contributed by atoms with Gasteiger partial charge in [-0.2, -0.15) is 0 Å². The normalized spacial score (nSPS) is 22.8. The van der Waals surface area contributed by atoms with Gasteiger partial charge in [0.1, 0.15) is 0 Å². The van der Waals surface area contributed by atoms with Crippen molar-refractivity contribution in [3.05, 3.63) is 23.9 Å². The average Bonchev–Trinajstić information content (AvgIpc) is 2.82. The minimum absolute atomic E-state index is 0.0471. The highest BCUT2D eigenvalue weighted by atomic mass is 16.5. The first-order valence-electron chi connectivity index (χ1n) is 6.21. The number of nitrogens with zero attached hydrogens (tertiary/aromatic N) is 1. The van der Waals surface area contributed by atoms with E-state index in [4.69, 9.17) is 4.74 Å². The summed E-state index contributed by atoms with van der Waals surface area (Å²) in [5.74, 6) is 0.997. The van der Waals surface area contributed by atoms with Crippen LogP contribution in [0.2, 0.25) is 0 Å². The lowest BCUT2D eigenvalue weighted by Crippen LogP contribution is -2.42. The van der Waals surface area contributed by atoms with Crippen molar-refractivity contribution in [2.45, 2.75) is 25.9 Å². The molecule has 1 aromatic rings. The fourth-order valence-corrected chi connectivity index (χ4v) is 2.22. The Morgan fingerprint density at radius 2 is 2.50 bits per heavy atom. The number of amides is 1. The molecule has 0 radical (unpaired) electrons. The number of methoxy groups -OCH3 is 1. The number of pyridine rings is 1. The second-order valence-corrected chi connectivity index (χ2v) is 4.59. The SMILES string of the molecule is COc1ncccc1CNC(=O)C1NCCC1C. The summed E-state index contributed by atoms with van der Waals surface area (Å²) in [5.41, 5.74) is 0.888. The number of hydrogen-bond acceptors (Lipinski definition) is 4. The van der Waals surface area contributed by atoms with Crippen LogP contribution < -0.4 is 15.4 Å². The van der Waals surface area contributed by atoms with Gasteiger partial charge in [-0.05, 0) is 24.9 Å². The fraction of sp³-hybridized carbons (Fsp3) is 0.538. The van der Waals surface area contributed by atoms with E-state index in [0.717, 1.165) is 18.5 Å². The van der Waals surface area contributed by atoms with E-state index in [1.165, 1.54) is 0 Å². The summed E-state index contributed by atoms with van der Waals surface area (Å²) in [4.78, 5) is 16.1. The number of carbonyl (C=O) groups excluding carboxylic acids is 1. The van der Waals surface area contributed by atoms with Crippen LogP contribution in [0.3, 0.4) is 0 Å². The molecule has 18 heavy (non-hydrogen) atoms. The molecule has 0 aromatic carbocycles. The summed E-state index contributed by atoms with van der Waals surface area (Å²) >= 11 is 0. The highest BCUT2D eigenvalue weighted by molar-refractivity contribution is 5.82. The first-order valence-corrected chi connectivity index (χ1v) is 6.21. The monoisotopic (exact) mass is 249 g/mol. The third-order valence-corrected chi connectivity index (χ3v) is 3.31. The molecule has 2 N–H and O–H groups in total. The van der Waals surface area contributed by atoms with Crippen molar-refractivity contribution in [1.82, 2.24) is 15.6 Å². The van der Waals surface area contributed by atoms with Gasteiger partial charge in [-0.25, -0.2) is 4.98 Å². The van der Waals surface area contributed by atoms with Crippen LogP contribution in [-0.4, -0.2) is 30.6 Å². The van der Waals surface area contributed by atoms with E-state index in [2.05, 4.69) is 22.5 Å². The molecular formula is C13H19N3O2. The summed E-state index contributed by atoms with van der Waals surface area (Å²) in [6.07, 6.45) is 2.72. The van der Waals surface area contributed by atoms with Gasteiger partial charge in [0, 0.05) is 18.3 Å². The second kappa shape index (κ2) is 5.82. The number of carbonyl (C=O) groups is 1. The Morgan fingerprint density at radius 1 is 1.67 bits per heavy atom. The van der Waals surface area contributed by atoms with Crippen molar-refractivity contribution >= 4 is 5.91 Å². The lowest BCUT2D eigenvalue weighted by Gasteiger charge is -2.15. The molecule has 2 rings (SSSR count). The molecule has 5 nitrogen and oxygen atoms in total. The first kappa shape index (κ1) is 12.8. The van der Waals surface area contributed by atoms with E-state index in [9.17, 15) is 4.79 Å². The molecule has 1 saturated heterocycles. The first-order chi connectivity index (χ1) is 8.72. The van der Waals surface area contributed by atoms with Gasteiger partial charge in [0.05, 0.1) is 13.2 Å². The zero-order valence-corrected chi connectivity index (χ0v) is 10.8. The predicted octanol–water partition coefficient (Wildman–Crippen LogP) is 0.704. The molecule has 2 unspecified atom stereocenters. The van der Waals surface area contributed by atoms with Gasteiger partial charge in [-0.1, -0.05) is 13.0 Å². The molecule has 1 amide bonds. The molecule has 0 bridgehead atoms. The van der Waals surface area contributed by atoms with E-state index in [0.29, 0.717) is 18.3 Å². The van der Waals surface area contributed by atoms with E-state index in [-0.39, 0.29) is 11.9 Å². The number of ether oxygens (including phenoxy) is 1. The maximum Gasteiger partial charge on any atom is 0.237 e. The van der Waals surface area contributed by atoms with Gasteiger partial charge >= 0.3 is 0 Å². The van der Waals surface area contributed by atoms with Gasteiger partial charge in [-0.15, -0.1) is 0 Å². The topological polar surface area (TPSA) is 63.2 Å². The lowest BCUT2D eigenvalue weighted by molar-refractivity contribution is -0.123. The Balaban J connectivity index is 1.93. The Hall–Kier alpha value is -1.62. The van der Waals surface area contributed by atoms with Crippen molar-refractivity contribution in [3.63, 3.8) is 0 Å². The van der Waals surface area contributed by atoms with Gasteiger partial charge in [-0.3, -0.25) is 4.79 Å². The molecule has 0 aliphatic carbocycles. The third-order valence-electron chi connectivity index (χ3n) is 3.31. The van der Waals surface area contributed by atoms with Gasteiger partial charge < -0.3 is 15.4 Å². The van der Waals surface area contributed by atoms with E-state index in [1.54, 1.807) is 13.3 Å². The summed E-state index contributed by atoms with van der Waals surface area (Å²) in [6.45, 7) is 3.45. The standard InChI is InChI=1S/C13H19N3O2/c1-9-5-7-14-11(9)12(17)16-8-10-4-3-6-15-13(10)18-2/h3-4,6,9,11,14H,5,7-8H2,1-2H3,(H,16,17). The molecule has 0 saturated carbocycles. The highest BCUT2D eigenvalue weighted by Crippen LogP contribution is 2.16. The molecule has 2 heterocycles. The molecule has 0 spiro atoms. The molecule has 98 valence electrons. The van der Waals surface area contributed by atoms with Crippen LogP contribution in [0.1, 0.15) is 18.9 Å². The van der Waals surface area contributed by atoms with Gasteiger partial charge in [0.2, 0.25) is 11.8 Å². The number of hydrogen-bond donors (Lipinski definition) is 2. The van der Waals surface area contributed by atoms with Gasteiger partial charge in [0.25, 0.3) is 0 Å².